The van der Waals surface area contributed by atoms with Gasteiger partial charge in [-0.1, -0.05) is 0 Å². The summed E-state index contributed by atoms with van der Waals surface area (Å²) >= 11 is 2.94. The fraction of sp³-hybridized carbons (Fsp3) is 0.462. The van der Waals surface area contributed by atoms with Crippen molar-refractivity contribution >= 4 is 40.9 Å². The molecule has 6 nitrogen and oxygen atoms in total. The Kier molecular flexibility index (Phi) is 5.24. The number of nitrogens with one attached hydrogen (secondary N) is 2. The third-order valence-electron chi connectivity index (χ3n) is 3.23. The minimum Gasteiger partial charge on any atom is -0.479 e. The molecule has 1 aromatic rings. The molecule has 0 radical (unpaired) electrons. The van der Waals surface area contributed by atoms with Gasteiger partial charge in [-0.25, -0.2) is 4.79 Å². The Bertz CT molecular complexity index is 524. The van der Waals surface area contributed by atoms with Crippen LogP contribution in [-0.4, -0.2) is 46.5 Å². The maximum absolute atomic E-state index is 11.8. The van der Waals surface area contributed by atoms with E-state index in [2.05, 4.69) is 10.6 Å². The van der Waals surface area contributed by atoms with Crippen molar-refractivity contribution in [2.24, 2.45) is 0 Å². The number of aliphatic carboxylic acids is 1. The van der Waals surface area contributed by atoms with Crippen LogP contribution in [0.5, 0.6) is 0 Å². The van der Waals surface area contributed by atoms with Crippen LogP contribution in [0.4, 0.5) is 0 Å². The van der Waals surface area contributed by atoms with Crippen molar-refractivity contribution in [1.29, 1.82) is 0 Å². The average Bonchev–Trinajstić information content (AvgIpc) is 3.10. The Morgan fingerprint density at radius 3 is 2.76 bits per heavy atom. The Morgan fingerprint density at radius 1 is 1.38 bits per heavy atom. The molecule has 1 saturated heterocycles. The first-order valence-electron chi connectivity index (χ1n) is 6.46. The zero-order chi connectivity index (χ0) is 15.3. The Hall–Kier alpha value is -1.54. The van der Waals surface area contributed by atoms with Crippen molar-refractivity contribution in [3.8, 4) is 0 Å². The summed E-state index contributed by atoms with van der Waals surface area (Å²) in [6.45, 7) is 0.184. The molecule has 1 unspecified atom stereocenters. The lowest BCUT2D eigenvalue weighted by molar-refractivity contribution is -0.146. The molecule has 2 heterocycles. The molecule has 1 aliphatic heterocycles. The van der Waals surface area contributed by atoms with Crippen molar-refractivity contribution in [2.45, 2.75) is 18.4 Å². The molecule has 3 N–H and O–H groups in total. The summed E-state index contributed by atoms with van der Waals surface area (Å²) in [6, 6.07) is 1.70. The van der Waals surface area contributed by atoms with Gasteiger partial charge in [-0.15, -0.1) is 0 Å². The van der Waals surface area contributed by atoms with Gasteiger partial charge in [0.15, 0.2) is 0 Å². The predicted octanol–water partition coefficient (Wildman–Crippen LogP) is 0.944. The molecule has 1 aromatic heterocycles. The van der Waals surface area contributed by atoms with Gasteiger partial charge in [0.05, 0.1) is 0 Å². The lowest BCUT2D eigenvalue weighted by Crippen LogP contribution is -2.55. The number of thiophene rings is 1. The normalized spacial score (nSPS) is 21.0. The van der Waals surface area contributed by atoms with Crippen LogP contribution in [-0.2, 0) is 9.59 Å². The number of carbonyl (C=O) groups excluding carboxylic acids is 2. The van der Waals surface area contributed by atoms with Gasteiger partial charge in [-0.3, -0.25) is 9.59 Å². The molecule has 114 valence electrons. The topological polar surface area (TPSA) is 95.5 Å². The van der Waals surface area contributed by atoms with E-state index in [-0.39, 0.29) is 24.8 Å². The first kappa shape index (κ1) is 15.8. The molecule has 0 aromatic carbocycles. The van der Waals surface area contributed by atoms with Crippen molar-refractivity contribution < 1.29 is 19.5 Å². The summed E-state index contributed by atoms with van der Waals surface area (Å²) in [6.07, 6.45) is 0.496. The van der Waals surface area contributed by atoms with Crippen LogP contribution in [0, 0.1) is 0 Å². The molecule has 1 fully saturated rings. The number of rotatable bonds is 6. The molecule has 0 spiro atoms. The fourth-order valence-corrected chi connectivity index (χ4v) is 3.96. The second-order valence-electron chi connectivity index (χ2n) is 4.76. The van der Waals surface area contributed by atoms with E-state index in [4.69, 9.17) is 0 Å². The Balaban J connectivity index is 1.77. The highest BCUT2D eigenvalue weighted by Crippen LogP contribution is 2.28. The van der Waals surface area contributed by atoms with E-state index in [0.29, 0.717) is 17.7 Å². The Labute approximate surface area is 130 Å². The quantitative estimate of drug-likeness (QED) is 0.722. The maximum atomic E-state index is 11.8. The van der Waals surface area contributed by atoms with Gasteiger partial charge in [0.2, 0.25) is 5.91 Å². The molecular weight excluding hydrogens is 312 g/mol. The Morgan fingerprint density at radius 2 is 2.19 bits per heavy atom. The predicted molar refractivity (Wildman–Crippen MR) is 81.7 cm³/mol. The number of carbonyl (C=O) groups is 3. The van der Waals surface area contributed by atoms with Crippen LogP contribution in [0.15, 0.2) is 16.8 Å². The van der Waals surface area contributed by atoms with E-state index < -0.39 is 11.5 Å². The largest absolute Gasteiger partial charge is 0.479 e. The smallest absolute Gasteiger partial charge is 0.330 e. The third-order valence-corrected chi connectivity index (χ3v) is 5.10. The molecule has 0 bridgehead atoms. The molecular formula is C13H16N2O4S2. The van der Waals surface area contributed by atoms with Gasteiger partial charge in [0.25, 0.3) is 5.91 Å². The molecule has 1 atom stereocenters. The van der Waals surface area contributed by atoms with E-state index in [1.54, 1.807) is 16.8 Å². The SMILES string of the molecule is O=C(CCNC(=O)c1ccsc1)NC1(C(=O)O)CCSC1. The third kappa shape index (κ3) is 3.98. The van der Waals surface area contributed by atoms with Gasteiger partial charge in [-0.05, 0) is 23.6 Å². The van der Waals surface area contributed by atoms with Crippen LogP contribution < -0.4 is 10.6 Å². The number of thioether (sulfide) groups is 1. The lowest BCUT2D eigenvalue weighted by atomic mass is 9.99. The van der Waals surface area contributed by atoms with Gasteiger partial charge < -0.3 is 15.7 Å². The van der Waals surface area contributed by atoms with Crippen molar-refractivity contribution in [2.75, 3.05) is 18.1 Å². The van der Waals surface area contributed by atoms with E-state index in [0.717, 1.165) is 5.75 Å². The van der Waals surface area contributed by atoms with Gasteiger partial charge in [0, 0.05) is 29.7 Å². The molecule has 2 amide bonds. The number of carboxylic acids is 1. The minimum atomic E-state index is -1.15. The minimum absolute atomic E-state index is 0.0651. The van der Waals surface area contributed by atoms with E-state index in [1.807, 2.05) is 0 Å². The highest BCUT2D eigenvalue weighted by Gasteiger charge is 2.43. The van der Waals surface area contributed by atoms with Gasteiger partial charge >= 0.3 is 5.97 Å². The van der Waals surface area contributed by atoms with E-state index >= 15 is 0 Å². The fourth-order valence-electron chi connectivity index (χ4n) is 2.00. The molecule has 21 heavy (non-hydrogen) atoms. The first-order chi connectivity index (χ1) is 10.0. The first-order valence-corrected chi connectivity index (χ1v) is 8.56. The van der Waals surface area contributed by atoms with Gasteiger partial charge in [0.1, 0.15) is 5.54 Å². The van der Waals surface area contributed by atoms with Crippen LogP contribution in [0.1, 0.15) is 23.2 Å². The summed E-state index contributed by atoms with van der Waals surface area (Å²) in [4.78, 5) is 34.8. The number of carboxylic acid groups (broad SMARTS) is 1. The van der Waals surface area contributed by atoms with Gasteiger partial charge in [-0.2, -0.15) is 23.1 Å². The molecule has 2 rings (SSSR count). The van der Waals surface area contributed by atoms with Crippen LogP contribution in [0.3, 0.4) is 0 Å². The van der Waals surface area contributed by atoms with Crippen LogP contribution in [0.2, 0.25) is 0 Å². The maximum Gasteiger partial charge on any atom is 0.330 e. The second-order valence-corrected chi connectivity index (χ2v) is 6.64. The van der Waals surface area contributed by atoms with Crippen molar-refractivity contribution in [3.05, 3.63) is 22.4 Å². The van der Waals surface area contributed by atoms with Crippen molar-refractivity contribution in [3.63, 3.8) is 0 Å². The zero-order valence-electron chi connectivity index (χ0n) is 11.3. The highest BCUT2D eigenvalue weighted by atomic mass is 32.2. The summed E-state index contributed by atoms with van der Waals surface area (Å²) in [7, 11) is 0. The molecule has 1 aliphatic rings. The second kappa shape index (κ2) is 6.95. The zero-order valence-corrected chi connectivity index (χ0v) is 12.9. The summed E-state index contributed by atoms with van der Waals surface area (Å²) < 4.78 is 0. The van der Waals surface area contributed by atoms with Crippen molar-refractivity contribution in [1.82, 2.24) is 10.6 Å². The summed E-state index contributed by atoms with van der Waals surface area (Å²) in [5.41, 5.74) is -0.589. The number of hydrogen-bond acceptors (Lipinski definition) is 5. The number of hydrogen-bond donors (Lipinski definition) is 3. The molecule has 0 aliphatic carbocycles. The molecule has 8 heteroatoms. The van der Waals surface area contributed by atoms with Crippen LogP contribution >= 0.6 is 23.1 Å². The molecule has 0 saturated carbocycles. The van der Waals surface area contributed by atoms with E-state index in [9.17, 15) is 19.5 Å². The van der Waals surface area contributed by atoms with E-state index in [1.165, 1.54) is 23.1 Å². The number of amides is 2. The van der Waals surface area contributed by atoms with Crippen LogP contribution in [0.25, 0.3) is 0 Å². The highest BCUT2D eigenvalue weighted by molar-refractivity contribution is 7.99. The summed E-state index contributed by atoms with van der Waals surface area (Å²) in [5, 5.41) is 18.0. The lowest BCUT2D eigenvalue weighted by Gasteiger charge is -2.24. The summed E-state index contributed by atoms with van der Waals surface area (Å²) in [5.74, 6) is -0.473. The monoisotopic (exact) mass is 328 g/mol. The average molecular weight is 328 g/mol. The standard InChI is InChI=1S/C13H16N2O4S2/c16-10(15-13(12(18)19)3-6-21-8-13)1-4-14-11(17)9-2-5-20-7-9/h2,5,7H,1,3-4,6,8H2,(H,14,17)(H,15,16)(H,18,19).